The summed E-state index contributed by atoms with van der Waals surface area (Å²) in [7, 11) is 0. The summed E-state index contributed by atoms with van der Waals surface area (Å²) in [6.45, 7) is 8.09. The lowest BCUT2D eigenvalue weighted by Crippen LogP contribution is -2.34. The van der Waals surface area contributed by atoms with Gasteiger partial charge in [0.1, 0.15) is 0 Å². The van der Waals surface area contributed by atoms with Crippen molar-refractivity contribution in [2.24, 2.45) is 0 Å². The minimum Gasteiger partial charge on any atom is -0.367 e. The van der Waals surface area contributed by atoms with Crippen LogP contribution in [0.3, 0.4) is 0 Å². The van der Waals surface area contributed by atoms with Gasteiger partial charge in [0, 0.05) is 30.4 Å². The molecule has 2 aromatic carbocycles. The fraction of sp³-hybridized carbons (Fsp3) is 0.381. The highest BCUT2D eigenvalue weighted by atomic mass is 16.1. The molecule has 1 heterocycles. The molecule has 3 heteroatoms. The summed E-state index contributed by atoms with van der Waals surface area (Å²) in [5, 5.41) is 3.03. The zero-order valence-electron chi connectivity index (χ0n) is 14.8. The Morgan fingerprint density at radius 1 is 1.17 bits per heavy atom. The van der Waals surface area contributed by atoms with Gasteiger partial charge in [-0.15, -0.1) is 0 Å². The van der Waals surface area contributed by atoms with Gasteiger partial charge in [0.15, 0.2) is 0 Å². The van der Waals surface area contributed by atoms with E-state index in [9.17, 15) is 4.79 Å². The molecular formula is C21H26N2O. The summed E-state index contributed by atoms with van der Waals surface area (Å²) in [5.74, 6) is 0.0413. The molecular weight excluding hydrogens is 296 g/mol. The quantitative estimate of drug-likeness (QED) is 0.919. The Morgan fingerprint density at radius 2 is 1.96 bits per heavy atom. The van der Waals surface area contributed by atoms with Crippen molar-refractivity contribution in [3.8, 4) is 0 Å². The van der Waals surface area contributed by atoms with Crippen LogP contribution in [0.4, 0.5) is 5.69 Å². The molecule has 3 nitrogen and oxygen atoms in total. The summed E-state index contributed by atoms with van der Waals surface area (Å²) >= 11 is 0. The lowest BCUT2D eigenvalue weighted by molar-refractivity contribution is 0.0942. The lowest BCUT2D eigenvalue weighted by Gasteiger charge is -2.33. The molecule has 1 aliphatic heterocycles. The average molecular weight is 322 g/mol. The van der Waals surface area contributed by atoms with Crippen molar-refractivity contribution in [1.29, 1.82) is 0 Å². The van der Waals surface area contributed by atoms with Crippen LogP contribution in [0.25, 0.3) is 0 Å². The molecule has 1 aliphatic rings. The van der Waals surface area contributed by atoms with E-state index in [2.05, 4.69) is 47.5 Å². The summed E-state index contributed by atoms with van der Waals surface area (Å²) in [4.78, 5) is 14.9. The Balaban J connectivity index is 1.91. The van der Waals surface area contributed by atoms with Crippen molar-refractivity contribution >= 4 is 11.6 Å². The van der Waals surface area contributed by atoms with Crippen LogP contribution in [-0.4, -0.2) is 18.5 Å². The molecule has 0 aromatic heterocycles. The molecule has 0 bridgehead atoms. The molecule has 126 valence electrons. The van der Waals surface area contributed by atoms with Gasteiger partial charge in [-0.25, -0.2) is 0 Å². The fourth-order valence-electron chi connectivity index (χ4n) is 3.41. The Kier molecular flexibility index (Phi) is 4.89. The van der Waals surface area contributed by atoms with Crippen LogP contribution in [0.2, 0.25) is 0 Å². The number of nitrogens with zero attached hydrogens (tertiary/aromatic N) is 1. The number of rotatable bonds is 4. The predicted octanol–water partition coefficient (Wildman–Crippen LogP) is 4.09. The minimum absolute atomic E-state index is 0.0413. The number of amides is 1. The second-order valence-electron chi connectivity index (χ2n) is 6.88. The Morgan fingerprint density at radius 3 is 2.71 bits per heavy atom. The van der Waals surface area contributed by atoms with E-state index in [1.165, 1.54) is 22.4 Å². The Hall–Kier alpha value is -2.29. The Bertz CT molecular complexity index is 736. The third-order valence-corrected chi connectivity index (χ3v) is 4.63. The van der Waals surface area contributed by atoms with Crippen LogP contribution in [0, 0.1) is 6.92 Å². The molecule has 0 saturated heterocycles. The smallest absolute Gasteiger partial charge is 0.251 e. The van der Waals surface area contributed by atoms with Crippen LogP contribution in [0.5, 0.6) is 0 Å². The molecule has 0 fully saturated rings. The molecule has 0 saturated carbocycles. The first kappa shape index (κ1) is 16.6. The van der Waals surface area contributed by atoms with Crippen molar-refractivity contribution in [2.45, 2.75) is 46.2 Å². The normalized spacial score (nSPS) is 13.8. The van der Waals surface area contributed by atoms with Crippen molar-refractivity contribution in [3.63, 3.8) is 0 Å². The van der Waals surface area contributed by atoms with E-state index >= 15 is 0 Å². The van der Waals surface area contributed by atoms with Crippen LogP contribution in [0.15, 0.2) is 42.5 Å². The highest BCUT2D eigenvalue weighted by molar-refractivity contribution is 5.97. The van der Waals surface area contributed by atoms with Gasteiger partial charge in [0.05, 0.1) is 0 Å². The van der Waals surface area contributed by atoms with Gasteiger partial charge in [-0.3, -0.25) is 4.79 Å². The molecule has 0 unspecified atom stereocenters. The number of nitrogens with one attached hydrogen (secondary N) is 1. The second kappa shape index (κ2) is 7.08. The van der Waals surface area contributed by atoms with Crippen LogP contribution in [-0.2, 0) is 13.0 Å². The van der Waals surface area contributed by atoms with Gasteiger partial charge in [-0.05, 0) is 62.4 Å². The van der Waals surface area contributed by atoms with Gasteiger partial charge in [-0.1, -0.05) is 30.3 Å². The molecule has 0 aliphatic carbocycles. The fourth-order valence-corrected chi connectivity index (χ4v) is 3.41. The van der Waals surface area contributed by atoms with E-state index in [-0.39, 0.29) is 11.9 Å². The SMILES string of the molecule is Cc1ccccc1CN1CCCc2c(C(=O)NC(C)C)cccc21. The van der Waals surface area contributed by atoms with E-state index in [1.54, 1.807) is 0 Å². The third kappa shape index (κ3) is 3.45. The standard InChI is InChI=1S/C21H26N2O/c1-15(2)22-21(24)19-10-6-12-20-18(19)11-7-13-23(20)14-17-9-5-4-8-16(17)3/h4-6,8-10,12,15H,7,11,13-14H2,1-3H3,(H,22,24). The molecule has 0 spiro atoms. The third-order valence-electron chi connectivity index (χ3n) is 4.63. The van der Waals surface area contributed by atoms with Crippen LogP contribution >= 0.6 is 0 Å². The highest BCUT2D eigenvalue weighted by Crippen LogP contribution is 2.31. The summed E-state index contributed by atoms with van der Waals surface area (Å²) in [6.07, 6.45) is 2.06. The number of hydrogen-bond acceptors (Lipinski definition) is 2. The maximum absolute atomic E-state index is 12.5. The lowest BCUT2D eigenvalue weighted by atomic mass is 9.95. The molecule has 24 heavy (non-hydrogen) atoms. The summed E-state index contributed by atoms with van der Waals surface area (Å²) in [5.41, 5.74) is 5.90. The largest absolute Gasteiger partial charge is 0.367 e. The van der Waals surface area contributed by atoms with E-state index in [1.807, 2.05) is 26.0 Å². The zero-order valence-corrected chi connectivity index (χ0v) is 14.8. The number of fused-ring (bicyclic) bond motifs is 1. The van der Waals surface area contributed by atoms with Crippen molar-refractivity contribution in [1.82, 2.24) is 5.32 Å². The van der Waals surface area contributed by atoms with Gasteiger partial charge >= 0.3 is 0 Å². The van der Waals surface area contributed by atoms with Gasteiger partial charge in [0.2, 0.25) is 0 Å². The number of carbonyl (C=O) groups excluding carboxylic acids is 1. The number of carbonyl (C=O) groups is 1. The predicted molar refractivity (Wildman–Crippen MR) is 99.6 cm³/mol. The molecule has 0 atom stereocenters. The van der Waals surface area contributed by atoms with E-state index < -0.39 is 0 Å². The second-order valence-corrected chi connectivity index (χ2v) is 6.88. The van der Waals surface area contributed by atoms with Crippen molar-refractivity contribution in [2.75, 3.05) is 11.4 Å². The Labute approximate surface area is 144 Å². The van der Waals surface area contributed by atoms with Gasteiger partial charge in [0.25, 0.3) is 5.91 Å². The molecule has 1 N–H and O–H groups in total. The first-order chi connectivity index (χ1) is 11.6. The van der Waals surface area contributed by atoms with E-state index in [0.717, 1.165) is 31.5 Å². The topological polar surface area (TPSA) is 32.3 Å². The van der Waals surface area contributed by atoms with E-state index in [0.29, 0.717) is 0 Å². The van der Waals surface area contributed by atoms with Crippen LogP contribution in [0.1, 0.15) is 47.3 Å². The minimum atomic E-state index is 0.0413. The summed E-state index contributed by atoms with van der Waals surface area (Å²) < 4.78 is 0. The van der Waals surface area contributed by atoms with Gasteiger partial charge < -0.3 is 10.2 Å². The van der Waals surface area contributed by atoms with Crippen molar-refractivity contribution in [3.05, 3.63) is 64.7 Å². The monoisotopic (exact) mass is 322 g/mol. The number of hydrogen-bond donors (Lipinski definition) is 1. The maximum Gasteiger partial charge on any atom is 0.251 e. The summed E-state index contributed by atoms with van der Waals surface area (Å²) in [6, 6.07) is 14.8. The average Bonchev–Trinajstić information content (AvgIpc) is 2.56. The van der Waals surface area contributed by atoms with E-state index in [4.69, 9.17) is 0 Å². The van der Waals surface area contributed by atoms with Gasteiger partial charge in [-0.2, -0.15) is 0 Å². The van der Waals surface area contributed by atoms with Crippen LogP contribution < -0.4 is 10.2 Å². The zero-order chi connectivity index (χ0) is 17.1. The molecule has 0 radical (unpaired) electrons. The first-order valence-electron chi connectivity index (χ1n) is 8.78. The molecule has 1 amide bonds. The first-order valence-corrected chi connectivity index (χ1v) is 8.78. The number of benzene rings is 2. The molecule has 2 aromatic rings. The molecule has 3 rings (SSSR count). The number of aryl methyl sites for hydroxylation is 1. The number of anilines is 1. The highest BCUT2D eigenvalue weighted by Gasteiger charge is 2.22. The maximum atomic E-state index is 12.5. The van der Waals surface area contributed by atoms with Crippen molar-refractivity contribution < 1.29 is 4.79 Å².